The minimum absolute atomic E-state index is 0.913. The smallest absolute Gasteiger partial charge is 0.145 e. The molecule has 0 unspecified atom stereocenters. The molecule has 0 N–H and O–H groups in total. The lowest BCUT2D eigenvalue weighted by molar-refractivity contribution is 0.673. The predicted octanol–water partition coefficient (Wildman–Crippen LogP) is 14.6. The Kier molecular flexibility index (Phi) is 6.09. The van der Waals surface area contributed by atoms with Crippen molar-refractivity contribution in [3.8, 4) is 27.9 Å². The fourth-order valence-corrected chi connectivity index (χ4v) is 9.27. The van der Waals surface area contributed by atoms with E-state index in [4.69, 9.17) is 4.42 Å². The molecule has 54 heavy (non-hydrogen) atoms. The Bertz CT molecular complexity index is 3430. The van der Waals surface area contributed by atoms with Crippen molar-refractivity contribution in [2.75, 3.05) is 0 Å². The molecule has 2 heterocycles. The summed E-state index contributed by atoms with van der Waals surface area (Å²) in [6.07, 6.45) is 0. The van der Waals surface area contributed by atoms with Gasteiger partial charge in [0.2, 0.25) is 0 Å². The second-order valence-electron chi connectivity index (χ2n) is 14.4. The highest BCUT2D eigenvalue weighted by Gasteiger charge is 2.22. The van der Waals surface area contributed by atoms with Crippen LogP contribution in [0.25, 0.3) is 115 Å². The fraction of sp³-hybridized carbons (Fsp3) is 0. The normalized spacial score (nSPS) is 12.1. The highest BCUT2D eigenvalue weighted by atomic mass is 16.3. The van der Waals surface area contributed by atoms with Gasteiger partial charge in [0.25, 0.3) is 0 Å². The third-order valence-electron chi connectivity index (χ3n) is 11.6. The van der Waals surface area contributed by atoms with E-state index in [0.29, 0.717) is 0 Å². The van der Waals surface area contributed by atoms with E-state index in [-0.39, 0.29) is 0 Å². The molecular formula is C52H31NO. The summed E-state index contributed by atoms with van der Waals surface area (Å²) in [5.74, 6) is 0. The molecule has 2 heteroatoms. The van der Waals surface area contributed by atoms with Crippen LogP contribution in [0.15, 0.2) is 192 Å². The van der Waals surface area contributed by atoms with Crippen LogP contribution < -0.4 is 0 Å². The maximum atomic E-state index is 6.68. The molecule has 0 fully saturated rings. The summed E-state index contributed by atoms with van der Waals surface area (Å²) in [7, 11) is 0. The number of furan rings is 1. The Morgan fingerprint density at radius 1 is 0.333 bits per heavy atom. The third kappa shape index (κ3) is 4.05. The van der Waals surface area contributed by atoms with Crippen LogP contribution in [0.2, 0.25) is 0 Å². The van der Waals surface area contributed by atoms with E-state index >= 15 is 0 Å². The average Bonchev–Trinajstić information content (AvgIpc) is 3.79. The molecule has 0 amide bonds. The van der Waals surface area contributed by atoms with Crippen molar-refractivity contribution >= 4 is 86.8 Å². The standard InChI is InChI=1S/C52H31NO/c1-3-15-36-32(12-1)14-11-22-39(36)49-42-20-7-5-18-40(42)48(41-19-6-8-21-43(41)49)34-24-27-35(28-25-34)53-45-30-26-33-13-2-4-16-37(33)50(45)51-46(53)31-29-44-38-17-9-10-23-47(38)54-52(44)51/h1-31H. The summed E-state index contributed by atoms with van der Waals surface area (Å²) in [6, 6.07) is 68.5. The molecule has 0 aliphatic heterocycles. The summed E-state index contributed by atoms with van der Waals surface area (Å²) < 4.78 is 9.09. The molecule has 12 rings (SSSR count). The van der Waals surface area contributed by atoms with Crippen molar-refractivity contribution in [3.05, 3.63) is 188 Å². The van der Waals surface area contributed by atoms with Crippen molar-refractivity contribution in [2.45, 2.75) is 0 Å². The van der Waals surface area contributed by atoms with Gasteiger partial charge in [-0.15, -0.1) is 0 Å². The van der Waals surface area contributed by atoms with E-state index in [1.165, 1.54) is 76.2 Å². The second kappa shape index (κ2) is 11.2. The van der Waals surface area contributed by atoms with Gasteiger partial charge in [-0.25, -0.2) is 0 Å². The number of fused-ring (bicyclic) bond motifs is 12. The zero-order valence-electron chi connectivity index (χ0n) is 29.3. The van der Waals surface area contributed by atoms with Crippen molar-refractivity contribution < 1.29 is 4.42 Å². The Labute approximate surface area is 310 Å². The molecule has 0 saturated carbocycles. The Morgan fingerprint density at radius 2 is 0.870 bits per heavy atom. The topological polar surface area (TPSA) is 18.1 Å². The number of nitrogens with zero attached hydrogens (tertiary/aromatic N) is 1. The predicted molar refractivity (Wildman–Crippen MR) is 229 cm³/mol. The molecule has 2 aromatic heterocycles. The minimum Gasteiger partial charge on any atom is -0.455 e. The van der Waals surface area contributed by atoms with Gasteiger partial charge >= 0.3 is 0 Å². The number of rotatable bonds is 3. The number of para-hydroxylation sites is 1. The van der Waals surface area contributed by atoms with Crippen LogP contribution in [0.4, 0.5) is 0 Å². The number of hydrogen-bond donors (Lipinski definition) is 0. The van der Waals surface area contributed by atoms with Crippen molar-refractivity contribution in [2.24, 2.45) is 0 Å². The van der Waals surface area contributed by atoms with Crippen molar-refractivity contribution in [3.63, 3.8) is 0 Å². The first kappa shape index (κ1) is 29.4. The molecule has 0 bridgehead atoms. The second-order valence-corrected chi connectivity index (χ2v) is 14.4. The number of hydrogen-bond acceptors (Lipinski definition) is 1. The van der Waals surface area contributed by atoms with Crippen LogP contribution in [0.1, 0.15) is 0 Å². The molecule has 0 spiro atoms. The third-order valence-corrected chi connectivity index (χ3v) is 11.6. The van der Waals surface area contributed by atoms with Gasteiger partial charge in [0.15, 0.2) is 0 Å². The van der Waals surface area contributed by atoms with E-state index < -0.39 is 0 Å². The highest BCUT2D eigenvalue weighted by molar-refractivity contribution is 6.30. The first-order chi connectivity index (χ1) is 26.8. The summed E-state index contributed by atoms with van der Waals surface area (Å²) >= 11 is 0. The minimum atomic E-state index is 0.913. The first-order valence-electron chi connectivity index (χ1n) is 18.6. The Hall–Kier alpha value is -7.16. The Morgan fingerprint density at radius 3 is 1.59 bits per heavy atom. The van der Waals surface area contributed by atoms with Gasteiger partial charge in [-0.1, -0.05) is 152 Å². The van der Waals surface area contributed by atoms with Crippen molar-refractivity contribution in [1.29, 1.82) is 0 Å². The van der Waals surface area contributed by atoms with E-state index in [0.717, 1.165) is 38.5 Å². The van der Waals surface area contributed by atoms with Gasteiger partial charge < -0.3 is 8.98 Å². The van der Waals surface area contributed by atoms with Crippen LogP contribution in [-0.4, -0.2) is 4.57 Å². The summed E-state index contributed by atoms with van der Waals surface area (Å²) in [4.78, 5) is 0. The summed E-state index contributed by atoms with van der Waals surface area (Å²) in [6.45, 7) is 0. The highest BCUT2D eigenvalue weighted by Crippen LogP contribution is 2.46. The Balaban J connectivity index is 1.11. The summed E-state index contributed by atoms with van der Waals surface area (Å²) in [5.41, 5.74) is 10.3. The van der Waals surface area contributed by atoms with Gasteiger partial charge in [-0.2, -0.15) is 0 Å². The van der Waals surface area contributed by atoms with Crippen LogP contribution in [0, 0.1) is 0 Å². The summed E-state index contributed by atoms with van der Waals surface area (Å²) in [5, 5.41) is 14.7. The van der Waals surface area contributed by atoms with E-state index in [1.54, 1.807) is 0 Å². The lowest BCUT2D eigenvalue weighted by atomic mass is 9.85. The molecule has 0 aliphatic carbocycles. The molecule has 0 aliphatic rings. The molecule has 2 nitrogen and oxygen atoms in total. The lowest BCUT2D eigenvalue weighted by Gasteiger charge is -2.19. The molecular weight excluding hydrogens is 655 g/mol. The van der Waals surface area contributed by atoms with Crippen LogP contribution in [0.5, 0.6) is 0 Å². The van der Waals surface area contributed by atoms with Gasteiger partial charge in [0.1, 0.15) is 11.2 Å². The largest absolute Gasteiger partial charge is 0.455 e. The lowest BCUT2D eigenvalue weighted by Crippen LogP contribution is -1.95. The maximum absolute atomic E-state index is 6.68. The van der Waals surface area contributed by atoms with Gasteiger partial charge in [0, 0.05) is 21.8 Å². The van der Waals surface area contributed by atoms with Crippen molar-refractivity contribution in [1.82, 2.24) is 4.57 Å². The molecule has 10 aromatic carbocycles. The van der Waals surface area contributed by atoms with Gasteiger partial charge in [0.05, 0.1) is 16.4 Å². The van der Waals surface area contributed by atoms with Crippen LogP contribution in [-0.2, 0) is 0 Å². The maximum Gasteiger partial charge on any atom is 0.145 e. The fourth-order valence-electron chi connectivity index (χ4n) is 9.27. The van der Waals surface area contributed by atoms with E-state index in [1.807, 2.05) is 6.07 Å². The molecule has 0 atom stereocenters. The zero-order valence-corrected chi connectivity index (χ0v) is 29.3. The SMILES string of the molecule is c1ccc2c(-c3c4ccccc4c(-c4ccc(-n5c6ccc7ccccc7c6c6c7oc8ccccc8c7ccc65)cc4)c4ccccc34)cccc2c1. The van der Waals surface area contributed by atoms with Crippen LogP contribution in [0.3, 0.4) is 0 Å². The van der Waals surface area contributed by atoms with Gasteiger partial charge in [-0.3, -0.25) is 0 Å². The molecule has 12 aromatic rings. The average molecular weight is 686 g/mol. The van der Waals surface area contributed by atoms with Gasteiger partial charge in [-0.05, 0) is 102 Å². The zero-order chi connectivity index (χ0) is 35.3. The number of aromatic nitrogens is 1. The van der Waals surface area contributed by atoms with E-state index in [9.17, 15) is 0 Å². The van der Waals surface area contributed by atoms with E-state index in [2.05, 4.69) is 187 Å². The monoisotopic (exact) mass is 685 g/mol. The number of benzene rings is 10. The van der Waals surface area contributed by atoms with Crippen LogP contribution >= 0.6 is 0 Å². The molecule has 250 valence electrons. The first-order valence-corrected chi connectivity index (χ1v) is 18.6. The molecule has 0 saturated heterocycles. The quantitative estimate of drug-likeness (QED) is 0.169. The molecule has 0 radical (unpaired) electrons.